The average Bonchev–Trinajstić information content (AvgIpc) is 3.12. The smallest absolute Gasteiger partial charge is 0.269 e. The van der Waals surface area contributed by atoms with Gasteiger partial charge in [-0.25, -0.2) is 4.39 Å². The highest BCUT2D eigenvalue weighted by Crippen LogP contribution is 2.42. The minimum absolute atomic E-state index is 0.181. The van der Waals surface area contributed by atoms with Gasteiger partial charge in [0.15, 0.2) is 0 Å². The van der Waals surface area contributed by atoms with Gasteiger partial charge < -0.3 is 5.32 Å². The largest absolute Gasteiger partial charge is 0.321 e. The second kappa shape index (κ2) is 10.0. The number of nitrogens with one attached hydrogen (secondary N) is 1. The minimum atomic E-state index is -0.615. The van der Waals surface area contributed by atoms with Gasteiger partial charge >= 0.3 is 0 Å². The van der Waals surface area contributed by atoms with Crippen molar-refractivity contribution in [3.05, 3.63) is 105 Å². The Balaban J connectivity index is 1.72. The van der Waals surface area contributed by atoms with Crippen molar-refractivity contribution in [1.29, 1.82) is 5.26 Å². The fourth-order valence-electron chi connectivity index (χ4n) is 3.36. The first-order valence-electron chi connectivity index (χ1n) is 9.97. The molecule has 3 aromatic rings. The number of carbonyl (C=O) groups excluding carboxylic acids is 2. The molecule has 5 nitrogen and oxygen atoms in total. The van der Waals surface area contributed by atoms with Gasteiger partial charge in [0.05, 0.1) is 5.25 Å². The molecule has 1 heterocycles. The van der Waals surface area contributed by atoms with Crippen molar-refractivity contribution in [3.8, 4) is 6.07 Å². The van der Waals surface area contributed by atoms with E-state index in [0.717, 1.165) is 21.8 Å². The summed E-state index contributed by atoms with van der Waals surface area (Å²) >= 11 is 4.56. The fourth-order valence-corrected chi connectivity index (χ4v) is 4.93. The SMILES string of the molecule is N#C/C(C(=O)Nc1ccccc1)=C1/SC(Cc2ccc(Br)cc2)C(=O)N1c1ccc(F)cc1. The summed E-state index contributed by atoms with van der Waals surface area (Å²) in [6.07, 6.45) is 0.414. The summed E-state index contributed by atoms with van der Waals surface area (Å²) in [6.45, 7) is 0. The minimum Gasteiger partial charge on any atom is -0.321 e. The van der Waals surface area contributed by atoms with E-state index in [-0.39, 0.29) is 16.5 Å². The number of thioether (sulfide) groups is 1. The molecule has 0 spiro atoms. The van der Waals surface area contributed by atoms with Crippen molar-refractivity contribution in [1.82, 2.24) is 0 Å². The van der Waals surface area contributed by atoms with Crippen LogP contribution in [0.2, 0.25) is 0 Å². The van der Waals surface area contributed by atoms with Gasteiger partial charge in [0.25, 0.3) is 5.91 Å². The third kappa shape index (κ3) is 5.16. The molecular formula is C25H17BrFN3O2S. The Kier molecular flexibility index (Phi) is 6.92. The van der Waals surface area contributed by atoms with Crippen molar-refractivity contribution in [2.45, 2.75) is 11.7 Å². The van der Waals surface area contributed by atoms with E-state index in [9.17, 15) is 19.2 Å². The lowest BCUT2D eigenvalue weighted by Gasteiger charge is -2.18. The maximum absolute atomic E-state index is 13.5. The fraction of sp³-hybridized carbons (Fsp3) is 0.0800. The zero-order chi connectivity index (χ0) is 23.4. The molecule has 0 bridgehead atoms. The second-order valence-electron chi connectivity index (χ2n) is 7.20. The van der Waals surface area contributed by atoms with E-state index in [1.54, 1.807) is 24.3 Å². The van der Waals surface area contributed by atoms with Crippen LogP contribution in [0.1, 0.15) is 5.56 Å². The van der Waals surface area contributed by atoms with Crippen LogP contribution in [0.15, 0.2) is 93.9 Å². The molecule has 2 amide bonds. The van der Waals surface area contributed by atoms with E-state index in [1.165, 1.54) is 29.2 Å². The Morgan fingerprint density at radius 3 is 2.36 bits per heavy atom. The number of halogens is 2. The molecule has 8 heteroatoms. The van der Waals surface area contributed by atoms with Crippen molar-refractivity contribution in [2.75, 3.05) is 10.2 Å². The molecule has 33 heavy (non-hydrogen) atoms. The lowest BCUT2D eigenvalue weighted by atomic mass is 10.1. The molecule has 0 saturated carbocycles. The molecule has 1 unspecified atom stereocenters. The van der Waals surface area contributed by atoms with Crippen molar-refractivity contribution >= 4 is 50.9 Å². The summed E-state index contributed by atoms with van der Waals surface area (Å²) in [5.74, 6) is -1.34. The van der Waals surface area contributed by atoms with Crippen LogP contribution in [0.25, 0.3) is 0 Å². The highest BCUT2D eigenvalue weighted by molar-refractivity contribution is 9.10. The molecule has 4 rings (SSSR count). The van der Waals surface area contributed by atoms with Crippen LogP contribution in [-0.2, 0) is 16.0 Å². The Labute approximate surface area is 203 Å². The average molecular weight is 522 g/mol. The highest BCUT2D eigenvalue weighted by atomic mass is 79.9. The number of nitrogens with zero attached hydrogens (tertiary/aromatic N) is 2. The third-order valence-corrected chi connectivity index (χ3v) is 6.75. The molecule has 0 aliphatic carbocycles. The molecule has 0 aromatic heterocycles. The number of hydrogen-bond acceptors (Lipinski definition) is 4. The number of rotatable bonds is 5. The van der Waals surface area contributed by atoms with Crippen molar-refractivity contribution in [2.24, 2.45) is 0 Å². The Bertz CT molecular complexity index is 1260. The van der Waals surface area contributed by atoms with Gasteiger partial charge in [0.2, 0.25) is 5.91 Å². The lowest BCUT2D eigenvalue weighted by molar-refractivity contribution is -0.117. The van der Waals surface area contributed by atoms with Crippen molar-refractivity contribution < 1.29 is 14.0 Å². The molecule has 164 valence electrons. The maximum Gasteiger partial charge on any atom is 0.269 e. The van der Waals surface area contributed by atoms with E-state index in [0.29, 0.717) is 17.8 Å². The van der Waals surface area contributed by atoms with Gasteiger partial charge in [0, 0.05) is 15.8 Å². The number of benzene rings is 3. The molecule has 1 aliphatic rings. The van der Waals surface area contributed by atoms with Gasteiger partial charge in [-0.3, -0.25) is 14.5 Å². The van der Waals surface area contributed by atoms with Gasteiger partial charge in [-0.1, -0.05) is 58.0 Å². The van der Waals surface area contributed by atoms with Gasteiger partial charge in [-0.15, -0.1) is 0 Å². The Hall–Kier alpha value is -3.41. The number of hydrogen-bond donors (Lipinski definition) is 1. The predicted molar refractivity (Wildman–Crippen MR) is 131 cm³/mol. The third-order valence-electron chi connectivity index (χ3n) is 4.96. The molecule has 1 N–H and O–H groups in total. The Morgan fingerprint density at radius 2 is 1.73 bits per heavy atom. The molecular weight excluding hydrogens is 505 g/mol. The molecule has 3 aromatic carbocycles. The number of nitriles is 1. The van der Waals surface area contributed by atoms with Gasteiger partial charge in [-0.05, 0) is 60.5 Å². The van der Waals surface area contributed by atoms with Gasteiger partial charge in [-0.2, -0.15) is 5.26 Å². The number of amides is 2. The van der Waals surface area contributed by atoms with E-state index >= 15 is 0 Å². The zero-order valence-electron chi connectivity index (χ0n) is 17.2. The standard InChI is InChI=1S/C25H17BrFN3O2S/c26-17-8-6-16(7-9-17)14-22-24(32)30(20-12-10-18(27)11-13-20)25(33-22)21(15-28)23(31)29-19-4-2-1-3-5-19/h1-13,22H,14H2,(H,29,31)/b25-21-. The first-order chi connectivity index (χ1) is 16.0. The van der Waals surface area contributed by atoms with Crippen LogP contribution in [0.5, 0.6) is 0 Å². The first-order valence-corrected chi connectivity index (χ1v) is 11.6. The van der Waals surface area contributed by atoms with E-state index in [2.05, 4.69) is 21.2 Å². The van der Waals surface area contributed by atoms with Crippen LogP contribution in [-0.4, -0.2) is 17.1 Å². The number of anilines is 2. The summed E-state index contributed by atoms with van der Waals surface area (Å²) in [5.41, 5.74) is 1.68. The number of para-hydroxylation sites is 1. The summed E-state index contributed by atoms with van der Waals surface area (Å²) in [7, 11) is 0. The summed E-state index contributed by atoms with van der Waals surface area (Å²) in [4.78, 5) is 27.7. The molecule has 1 atom stereocenters. The molecule has 1 fully saturated rings. The van der Waals surface area contributed by atoms with Gasteiger partial charge in [0.1, 0.15) is 22.5 Å². The Morgan fingerprint density at radius 1 is 1.06 bits per heavy atom. The maximum atomic E-state index is 13.5. The summed E-state index contributed by atoms with van der Waals surface area (Å²) < 4.78 is 14.4. The second-order valence-corrected chi connectivity index (χ2v) is 9.31. The summed E-state index contributed by atoms with van der Waals surface area (Å²) in [6, 6.07) is 23.7. The highest BCUT2D eigenvalue weighted by Gasteiger charge is 2.40. The van der Waals surface area contributed by atoms with Crippen molar-refractivity contribution in [3.63, 3.8) is 0 Å². The zero-order valence-corrected chi connectivity index (χ0v) is 19.6. The molecule has 1 saturated heterocycles. The van der Waals surface area contributed by atoms with Crippen LogP contribution in [0.3, 0.4) is 0 Å². The molecule has 1 aliphatic heterocycles. The normalized spacial score (nSPS) is 16.9. The first kappa shape index (κ1) is 22.8. The van der Waals surface area contributed by atoms with E-state index in [4.69, 9.17) is 0 Å². The monoisotopic (exact) mass is 521 g/mol. The van der Waals surface area contributed by atoms with E-state index < -0.39 is 17.0 Å². The van der Waals surface area contributed by atoms with Crippen LogP contribution in [0.4, 0.5) is 15.8 Å². The van der Waals surface area contributed by atoms with Crippen LogP contribution in [0, 0.1) is 17.1 Å². The lowest BCUT2D eigenvalue weighted by Crippen LogP contribution is -2.30. The van der Waals surface area contributed by atoms with Crippen LogP contribution >= 0.6 is 27.7 Å². The topological polar surface area (TPSA) is 73.2 Å². The van der Waals surface area contributed by atoms with Crippen LogP contribution < -0.4 is 10.2 Å². The predicted octanol–water partition coefficient (Wildman–Crippen LogP) is 5.65. The summed E-state index contributed by atoms with van der Waals surface area (Å²) in [5, 5.41) is 12.2. The van der Waals surface area contributed by atoms with E-state index in [1.807, 2.05) is 36.4 Å². The quantitative estimate of drug-likeness (QED) is 0.347. The molecule has 0 radical (unpaired) electrons. The number of carbonyl (C=O) groups is 2.